The number of imidazole rings is 1. The lowest BCUT2D eigenvalue weighted by Crippen LogP contribution is -2.30. The van der Waals surface area contributed by atoms with E-state index < -0.39 is 0 Å². The summed E-state index contributed by atoms with van der Waals surface area (Å²) in [5, 5.41) is 17.6. The first-order valence-corrected chi connectivity index (χ1v) is 10.3. The Hall–Kier alpha value is -3.00. The highest BCUT2D eigenvalue weighted by Crippen LogP contribution is 2.42. The molecule has 0 saturated heterocycles. The van der Waals surface area contributed by atoms with Gasteiger partial charge in [-0.15, -0.1) is 0 Å². The van der Waals surface area contributed by atoms with Crippen molar-refractivity contribution in [1.82, 2.24) is 29.7 Å². The maximum atomic E-state index is 9.38. The molecule has 3 heterocycles. The van der Waals surface area contributed by atoms with Crippen LogP contribution in [0.15, 0.2) is 30.5 Å². The normalized spacial score (nSPS) is 21.6. The van der Waals surface area contributed by atoms with E-state index in [1.54, 1.807) is 0 Å². The summed E-state index contributed by atoms with van der Waals surface area (Å²) in [4.78, 5) is 17.6. The van der Waals surface area contributed by atoms with Crippen molar-refractivity contribution in [2.45, 2.75) is 44.2 Å². The number of aliphatic hydroxyl groups excluding tert-OH is 1. The largest absolute Gasteiger partial charge is 0.396 e. The van der Waals surface area contributed by atoms with E-state index in [4.69, 9.17) is 15.1 Å². The molecule has 2 aliphatic carbocycles. The molecule has 6 rings (SSSR count). The van der Waals surface area contributed by atoms with Gasteiger partial charge in [-0.2, -0.15) is 5.10 Å². The summed E-state index contributed by atoms with van der Waals surface area (Å²) in [7, 11) is 0. The van der Waals surface area contributed by atoms with E-state index in [9.17, 15) is 5.11 Å². The van der Waals surface area contributed by atoms with Gasteiger partial charge in [0.2, 0.25) is 0 Å². The van der Waals surface area contributed by atoms with Gasteiger partial charge in [-0.3, -0.25) is 0 Å². The Balaban J connectivity index is 1.32. The third-order valence-electron chi connectivity index (χ3n) is 6.09. The number of H-pyrrole nitrogens is 1. The second-order valence-electron chi connectivity index (χ2n) is 8.26. The monoisotopic (exact) mass is 389 g/mol. The highest BCUT2D eigenvalue weighted by molar-refractivity contribution is 5.83. The number of aliphatic hydroxyl groups is 1. The molecule has 29 heavy (non-hydrogen) atoms. The van der Waals surface area contributed by atoms with Crippen LogP contribution in [-0.2, 0) is 6.54 Å². The molecule has 0 atom stereocenters. The van der Waals surface area contributed by atoms with Gasteiger partial charge in [-0.25, -0.2) is 19.6 Å². The third kappa shape index (κ3) is 2.95. The van der Waals surface area contributed by atoms with E-state index in [2.05, 4.69) is 15.3 Å². The number of anilines is 1. The van der Waals surface area contributed by atoms with Crippen LogP contribution in [-0.4, -0.2) is 41.4 Å². The van der Waals surface area contributed by atoms with Gasteiger partial charge in [-0.1, -0.05) is 12.1 Å². The van der Waals surface area contributed by atoms with Crippen LogP contribution >= 0.6 is 0 Å². The Morgan fingerprint density at radius 2 is 2.03 bits per heavy atom. The summed E-state index contributed by atoms with van der Waals surface area (Å²) in [6, 6.07) is 8.28. The molecule has 1 aromatic carbocycles. The van der Waals surface area contributed by atoms with Crippen molar-refractivity contribution < 1.29 is 5.11 Å². The molecular weight excluding hydrogens is 366 g/mol. The molecule has 8 nitrogen and oxygen atoms in total. The zero-order chi connectivity index (χ0) is 19.4. The van der Waals surface area contributed by atoms with Gasteiger partial charge < -0.3 is 15.4 Å². The van der Waals surface area contributed by atoms with Gasteiger partial charge in [0.1, 0.15) is 5.82 Å². The number of nitrogens with zero attached hydrogens (tertiary/aromatic N) is 5. The van der Waals surface area contributed by atoms with Crippen molar-refractivity contribution >= 4 is 28.0 Å². The first kappa shape index (κ1) is 16.9. The average Bonchev–Trinajstić information content (AvgIpc) is 3.38. The van der Waals surface area contributed by atoms with Crippen molar-refractivity contribution in [3.8, 4) is 0 Å². The van der Waals surface area contributed by atoms with Crippen molar-refractivity contribution in [3.63, 3.8) is 0 Å². The lowest BCUT2D eigenvalue weighted by Gasteiger charge is -2.34. The van der Waals surface area contributed by atoms with Crippen LogP contribution in [0.25, 0.3) is 22.2 Å². The maximum Gasteiger partial charge on any atom is 0.179 e. The summed E-state index contributed by atoms with van der Waals surface area (Å²) in [5.41, 5.74) is 4.71. The molecule has 3 aromatic heterocycles. The lowest BCUT2D eigenvalue weighted by atomic mass is 9.81. The van der Waals surface area contributed by atoms with Crippen LogP contribution in [0.4, 0.5) is 5.82 Å². The number of hydrogen-bond acceptors (Lipinski definition) is 6. The minimum absolute atomic E-state index is 0.242. The number of aromatic amines is 1. The zero-order valence-electron chi connectivity index (χ0n) is 16.0. The Morgan fingerprint density at radius 1 is 1.17 bits per heavy atom. The molecule has 2 fully saturated rings. The number of para-hydroxylation sites is 2. The number of nitrogens with one attached hydrogen (secondary N) is 2. The van der Waals surface area contributed by atoms with E-state index in [0.717, 1.165) is 52.4 Å². The lowest BCUT2D eigenvalue weighted by molar-refractivity contribution is 0.108. The van der Waals surface area contributed by atoms with Gasteiger partial charge in [0.15, 0.2) is 17.0 Å². The fraction of sp³-hybridized carbons (Fsp3) is 0.429. The number of aromatic nitrogens is 6. The predicted molar refractivity (Wildman–Crippen MR) is 110 cm³/mol. The molecule has 0 aliphatic heterocycles. The van der Waals surface area contributed by atoms with E-state index in [1.165, 1.54) is 12.8 Å². The molecule has 3 N–H and O–H groups in total. The smallest absolute Gasteiger partial charge is 0.179 e. The predicted octanol–water partition coefficient (Wildman–Crippen LogP) is 3.14. The van der Waals surface area contributed by atoms with E-state index in [-0.39, 0.29) is 12.6 Å². The summed E-state index contributed by atoms with van der Waals surface area (Å²) in [6.45, 7) is 0.780. The van der Waals surface area contributed by atoms with Crippen molar-refractivity contribution in [1.29, 1.82) is 0 Å². The van der Waals surface area contributed by atoms with E-state index in [1.807, 2.05) is 35.1 Å². The van der Waals surface area contributed by atoms with Crippen LogP contribution < -0.4 is 5.32 Å². The molecule has 2 aliphatic rings. The summed E-state index contributed by atoms with van der Waals surface area (Å²) < 4.78 is 2.02. The Labute approximate surface area is 167 Å². The minimum atomic E-state index is 0.242. The third-order valence-corrected chi connectivity index (χ3v) is 6.09. The molecule has 8 heteroatoms. The summed E-state index contributed by atoms with van der Waals surface area (Å²) in [5.74, 6) is 2.52. The molecule has 0 unspecified atom stereocenters. The first-order chi connectivity index (χ1) is 14.3. The van der Waals surface area contributed by atoms with Gasteiger partial charge in [-0.05, 0) is 43.7 Å². The van der Waals surface area contributed by atoms with Crippen LogP contribution in [0, 0.1) is 5.92 Å². The number of hydrogen-bond donors (Lipinski definition) is 3. The highest BCUT2D eigenvalue weighted by Gasteiger charge is 2.34. The van der Waals surface area contributed by atoms with Gasteiger partial charge in [0, 0.05) is 18.7 Å². The fourth-order valence-corrected chi connectivity index (χ4v) is 4.18. The standard InChI is InChI=1S/C21H23N7O/c29-11-12-7-14(8-12)28-21-19(22-9-17(26-21)13-5-6-13)20(27-28)23-10-18-24-15-3-1-2-4-16(15)25-18/h1-4,9,12-14,29H,5-8,10-11H2,(H,23,27)(H,24,25)/t12-,14-. The van der Waals surface area contributed by atoms with Gasteiger partial charge >= 0.3 is 0 Å². The SMILES string of the molecule is OC[C@H]1C[C@H](n2nc(NCc3nc4ccccc4[nH]3)c3ncc(C4CC4)nc32)C1. The first-order valence-electron chi connectivity index (χ1n) is 10.3. The second-order valence-corrected chi connectivity index (χ2v) is 8.26. The fourth-order valence-electron chi connectivity index (χ4n) is 4.18. The maximum absolute atomic E-state index is 9.38. The van der Waals surface area contributed by atoms with E-state index in [0.29, 0.717) is 18.4 Å². The van der Waals surface area contributed by atoms with Crippen LogP contribution in [0.1, 0.15) is 49.2 Å². The number of rotatable bonds is 6. The zero-order valence-corrected chi connectivity index (χ0v) is 16.0. The molecule has 0 bridgehead atoms. The summed E-state index contributed by atoms with van der Waals surface area (Å²) >= 11 is 0. The molecule has 0 radical (unpaired) electrons. The number of fused-ring (bicyclic) bond motifs is 2. The Morgan fingerprint density at radius 3 is 2.83 bits per heavy atom. The van der Waals surface area contributed by atoms with Crippen LogP contribution in [0.2, 0.25) is 0 Å². The molecule has 2 saturated carbocycles. The quantitative estimate of drug-likeness (QED) is 0.468. The molecule has 4 aromatic rings. The Bertz CT molecular complexity index is 1150. The molecule has 148 valence electrons. The van der Waals surface area contributed by atoms with Crippen molar-refractivity contribution in [2.24, 2.45) is 5.92 Å². The van der Waals surface area contributed by atoms with Gasteiger partial charge in [0.05, 0.1) is 29.3 Å². The Kier molecular flexibility index (Phi) is 3.80. The molecule has 0 spiro atoms. The molecule has 0 amide bonds. The van der Waals surface area contributed by atoms with Crippen molar-refractivity contribution in [3.05, 3.63) is 42.0 Å². The highest BCUT2D eigenvalue weighted by atomic mass is 16.3. The average molecular weight is 389 g/mol. The van der Waals surface area contributed by atoms with Crippen LogP contribution in [0.3, 0.4) is 0 Å². The number of benzene rings is 1. The minimum Gasteiger partial charge on any atom is -0.396 e. The second kappa shape index (κ2) is 6.52. The topological polar surface area (TPSA) is 105 Å². The molecular formula is C21H23N7O. The van der Waals surface area contributed by atoms with Crippen LogP contribution in [0.5, 0.6) is 0 Å². The summed E-state index contributed by atoms with van der Waals surface area (Å²) in [6.07, 6.45) is 6.16. The van der Waals surface area contributed by atoms with E-state index >= 15 is 0 Å². The van der Waals surface area contributed by atoms with Gasteiger partial charge in [0.25, 0.3) is 0 Å². The van der Waals surface area contributed by atoms with Crippen molar-refractivity contribution in [2.75, 3.05) is 11.9 Å².